The lowest BCUT2D eigenvalue weighted by Crippen LogP contribution is -2.46. The molecule has 1 saturated heterocycles. The molecule has 0 spiro atoms. The van der Waals surface area contributed by atoms with Crippen molar-refractivity contribution < 1.29 is 9.31 Å². The minimum absolute atomic E-state index is 0.163. The molecule has 0 amide bonds. The van der Waals surface area contributed by atoms with Gasteiger partial charge in [-0.3, -0.25) is 4.90 Å². The molecule has 0 N–H and O–H groups in total. The molecule has 4 unspecified atom stereocenters. The highest BCUT2D eigenvalue weighted by Gasteiger charge is 2.61. The zero-order valence-electron chi connectivity index (χ0n) is 19.2. The van der Waals surface area contributed by atoms with Crippen molar-refractivity contribution in [1.29, 1.82) is 0 Å². The fourth-order valence-electron chi connectivity index (χ4n) is 5.66. The Bertz CT molecular complexity index is 869. The van der Waals surface area contributed by atoms with Gasteiger partial charge >= 0.3 is 7.12 Å². The molecule has 1 saturated carbocycles. The third-order valence-corrected chi connectivity index (χ3v) is 7.94. The van der Waals surface area contributed by atoms with E-state index in [1.165, 1.54) is 17.5 Å². The summed E-state index contributed by atoms with van der Waals surface area (Å²) in [5.74, 6) is 1.43. The smallest absolute Gasteiger partial charge is 0.403 e. The minimum atomic E-state index is -0.294. The van der Waals surface area contributed by atoms with Gasteiger partial charge in [0.25, 0.3) is 0 Å². The lowest BCUT2D eigenvalue weighted by Gasteiger charge is -2.39. The Balaban J connectivity index is 1.47. The van der Waals surface area contributed by atoms with Gasteiger partial charge in [-0.2, -0.15) is 0 Å². The maximum Gasteiger partial charge on any atom is 0.463 e. The summed E-state index contributed by atoms with van der Waals surface area (Å²) in [7, 11) is -0.163. The Morgan fingerprint density at radius 2 is 1.26 bits per heavy atom. The number of hydrogen-bond acceptors (Lipinski definition) is 3. The van der Waals surface area contributed by atoms with E-state index in [1.54, 1.807) is 0 Å². The molecule has 3 aliphatic rings. The summed E-state index contributed by atoms with van der Waals surface area (Å²) >= 11 is 0. The molecule has 1 aliphatic heterocycles. The molecule has 0 radical (unpaired) electrons. The summed E-state index contributed by atoms with van der Waals surface area (Å²) in [5.41, 5.74) is 2.13. The maximum absolute atomic E-state index is 6.60. The van der Waals surface area contributed by atoms with E-state index < -0.39 is 0 Å². The van der Waals surface area contributed by atoms with E-state index in [0.717, 1.165) is 13.1 Å². The third-order valence-electron chi connectivity index (χ3n) is 7.94. The van der Waals surface area contributed by atoms with Crippen molar-refractivity contribution in [3.8, 4) is 0 Å². The molecule has 31 heavy (non-hydrogen) atoms. The second-order valence-electron chi connectivity index (χ2n) is 10.5. The maximum atomic E-state index is 6.60. The Morgan fingerprint density at radius 1 is 0.774 bits per heavy atom. The summed E-state index contributed by atoms with van der Waals surface area (Å²) in [6.07, 6.45) is 6.07. The van der Waals surface area contributed by atoms with Gasteiger partial charge in [-0.25, -0.2) is 0 Å². The lowest BCUT2D eigenvalue weighted by molar-refractivity contribution is 0.00578. The van der Waals surface area contributed by atoms with Gasteiger partial charge in [0.05, 0.1) is 11.2 Å². The van der Waals surface area contributed by atoms with Crippen molar-refractivity contribution in [2.75, 3.05) is 0 Å². The van der Waals surface area contributed by atoms with Gasteiger partial charge in [-0.15, -0.1) is 0 Å². The molecule has 0 aromatic heterocycles. The summed E-state index contributed by atoms with van der Waals surface area (Å²) in [6.45, 7) is 10.5. The molecule has 2 bridgehead atoms. The summed E-state index contributed by atoms with van der Waals surface area (Å²) in [6, 6.07) is 22.1. The first-order valence-corrected chi connectivity index (χ1v) is 11.7. The normalized spacial score (nSPS) is 30.4. The molecular formula is C27H34BNO2. The molecule has 2 aromatic carbocycles. The van der Waals surface area contributed by atoms with E-state index >= 15 is 0 Å². The highest BCUT2D eigenvalue weighted by atomic mass is 16.7. The lowest BCUT2D eigenvalue weighted by atomic mass is 9.62. The number of allylic oxidation sites excluding steroid dienone is 1. The van der Waals surface area contributed by atoms with Crippen LogP contribution in [0.25, 0.3) is 0 Å². The van der Waals surface area contributed by atoms with Gasteiger partial charge in [0.15, 0.2) is 0 Å². The summed E-state index contributed by atoms with van der Waals surface area (Å²) < 4.78 is 13.2. The van der Waals surface area contributed by atoms with E-state index in [1.807, 2.05) is 0 Å². The molecular weight excluding hydrogens is 381 g/mol. The monoisotopic (exact) mass is 415 g/mol. The summed E-state index contributed by atoms with van der Waals surface area (Å²) in [5, 5.41) is 0. The predicted molar refractivity (Wildman–Crippen MR) is 126 cm³/mol. The van der Waals surface area contributed by atoms with Crippen LogP contribution in [0, 0.1) is 11.8 Å². The van der Waals surface area contributed by atoms with Gasteiger partial charge in [0.1, 0.15) is 0 Å². The predicted octanol–water partition coefficient (Wildman–Crippen LogP) is 5.73. The van der Waals surface area contributed by atoms with Gasteiger partial charge < -0.3 is 9.31 Å². The number of hydrogen-bond donors (Lipinski definition) is 0. The van der Waals surface area contributed by atoms with Crippen LogP contribution in [0.2, 0.25) is 5.82 Å². The van der Waals surface area contributed by atoms with Crippen molar-refractivity contribution >= 4 is 7.12 Å². The number of rotatable bonds is 6. The molecule has 3 nitrogen and oxygen atoms in total. The third kappa shape index (κ3) is 3.90. The molecule has 2 aromatic rings. The first-order valence-electron chi connectivity index (χ1n) is 11.7. The zero-order chi connectivity index (χ0) is 21.6. The van der Waals surface area contributed by atoms with Crippen molar-refractivity contribution in [1.82, 2.24) is 4.90 Å². The molecule has 4 atom stereocenters. The molecule has 1 heterocycles. The van der Waals surface area contributed by atoms with Crippen molar-refractivity contribution in [2.24, 2.45) is 11.8 Å². The Hall–Kier alpha value is -1.88. The van der Waals surface area contributed by atoms with Crippen LogP contribution in [-0.2, 0) is 22.4 Å². The van der Waals surface area contributed by atoms with Crippen LogP contribution < -0.4 is 0 Å². The van der Waals surface area contributed by atoms with Crippen LogP contribution in [0.5, 0.6) is 0 Å². The van der Waals surface area contributed by atoms with Gasteiger partial charge in [0, 0.05) is 24.9 Å². The Morgan fingerprint density at radius 3 is 1.77 bits per heavy atom. The number of benzene rings is 2. The van der Waals surface area contributed by atoms with Gasteiger partial charge in [0.2, 0.25) is 0 Å². The second-order valence-corrected chi connectivity index (χ2v) is 10.5. The Kier molecular flexibility index (Phi) is 5.36. The topological polar surface area (TPSA) is 21.7 Å². The van der Waals surface area contributed by atoms with E-state index in [9.17, 15) is 0 Å². The van der Waals surface area contributed by atoms with Crippen molar-refractivity contribution in [2.45, 2.75) is 70.3 Å². The van der Waals surface area contributed by atoms with Crippen LogP contribution in [0.1, 0.15) is 45.2 Å². The van der Waals surface area contributed by atoms with Crippen LogP contribution in [0.3, 0.4) is 0 Å². The second kappa shape index (κ2) is 7.92. The van der Waals surface area contributed by atoms with E-state index in [-0.39, 0.29) is 18.3 Å². The molecule has 2 aliphatic carbocycles. The SMILES string of the molecule is CC1(C)OB(C2C3C=CC(C3)C2N(Cc2ccccc2)Cc2ccccc2)OC1(C)C. The van der Waals surface area contributed by atoms with E-state index in [2.05, 4.69) is 105 Å². The first kappa shape index (κ1) is 21.0. The van der Waals surface area contributed by atoms with Gasteiger partial charge in [-0.05, 0) is 57.1 Å². The van der Waals surface area contributed by atoms with Crippen LogP contribution in [-0.4, -0.2) is 29.3 Å². The number of fused-ring (bicyclic) bond motifs is 2. The average molecular weight is 415 g/mol. The van der Waals surface area contributed by atoms with E-state index in [4.69, 9.17) is 9.31 Å². The number of nitrogens with zero attached hydrogens (tertiary/aromatic N) is 1. The molecule has 5 rings (SSSR count). The first-order chi connectivity index (χ1) is 14.8. The average Bonchev–Trinajstić information content (AvgIpc) is 3.41. The molecule has 2 fully saturated rings. The fraction of sp³-hybridized carbons (Fsp3) is 0.481. The van der Waals surface area contributed by atoms with Crippen LogP contribution in [0.4, 0.5) is 0 Å². The minimum Gasteiger partial charge on any atom is -0.403 e. The zero-order valence-corrected chi connectivity index (χ0v) is 19.2. The highest BCUT2D eigenvalue weighted by Crippen LogP contribution is 2.55. The largest absolute Gasteiger partial charge is 0.463 e. The van der Waals surface area contributed by atoms with Crippen molar-refractivity contribution in [3.05, 3.63) is 83.9 Å². The van der Waals surface area contributed by atoms with Gasteiger partial charge in [-0.1, -0.05) is 72.8 Å². The fourth-order valence-corrected chi connectivity index (χ4v) is 5.66. The van der Waals surface area contributed by atoms with Crippen LogP contribution >= 0.6 is 0 Å². The molecule has 162 valence electrons. The van der Waals surface area contributed by atoms with Crippen LogP contribution in [0.15, 0.2) is 72.8 Å². The Labute approximate surface area is 187 Å². The van der Waals surface area contributed by atoms with Crippen molar-refractivity contribution in [3.63, 3.8) is 0 Å². The summed E-state index contributed by atoms with van der Waals surface area (Å²) in [4.78, 5) is 2.68. The standard InChI is InChI=1S/C27H34BNO2/c1-26(2)27(3,4)31-28(30-26)24-22-15-16-23(17-22)25(24)29(18-20-11-7-5-8-12-20)19-21-13-9-6-10-14-21/h5-16,22-25H,17-19H2,1-4H3. The van der Waals surface area contributed by atoms with E-state index in [0.29, 0.717) is 23.7 Å². The molecule has 4 heteroatoms. The highest BCUT2D eigenvalue weighted by molar-refractivity contribution is 6.48. The quantitative estimate of drug-likeness (QED) is 0.445.